The molecule has 1 aromatic heterocycles. The summed E-state index contributed by atoms with van der Waals surface area (Å²) in [6, 6.07) is 4.96. The number of alkyl halides is 1. The van der Waals surface area contributed by atoms with Crippen molar-refractivity contribution in [2.75, 3.05) is 0 Å². The highest BCUT2D eigenvalue weighted by molar-refractivity contribution is 6.16. The lowest BCUT2D eigenvalue weighted by Gasteiger charge is -2.04. The Hall–Kier alpha value is -1.35. The van der Waals surface area contributed by atoms with Crippen LogP contribution < -0.4 is 0 Å². The molecular formula is C11H10ClFN2. The van der Waals surface area contributed by atoms with Gasteiger partial charge in [0.05, 0.1) is 23.6 Å². The van der Waals surface area contributed by atoms with Crippen molar-refractivity contribution in [2.45, 2.75) is 12.8 Å². The Balaban J connectivity index is 2.48. The van der Waals surface area contributed by atoms with Gasteiger partial charge in [-0.05, 0) is 24.6 Å². The van der Waals surface area contributed by atoms with Gasteiger partial charge in [-0.25, -0.2) is 9.37 Å². The highest BCUT2D eigenvalue weighted by Gasteiger charge is 2.05. The Kier molecular flexibility index (Phi) is 2.73. The van der Waals surface area contributed by atoms with Crippen LogP contribution in [0.4, 0.5) is 4.39 Å². The van der Waals surface area contributed by atoms with Crippen molar-refractivity contribution >= 4 is 11.6 Å². The van der Waals surface area contributed by atoms with Crippen LogP contribution in [-0.4, -0.2) is 9.55 Å². The highest BCUT2D eigenvalue weighted by Crippen LogP contribution is 2.15. The predicted molar refractivity (Wildman–Crippen MR) is 57.8 cm³/mol. The van der Waals surface area contributed by atoms with Gasteiger partial charge in [0, 0.05) is 6.20 Å². The van der Waals surface area contributed by atoms with Crippen LogP contribution in [0, 0.1) is 12.7 Å². The molecule has 2 nitrogen and oxygen atoms in total. The molecule has 1 heterocycles. The third-order valence-electron chi connectivity index (χ3n) is 2.15. The van der Waals surface area contributed by atoms with Crippen LogP contribution >= 0.6 is 11.6 Å². The Labute approximate surface area is 92.3 Å². The van der Waals surface area contributed by atoms with E-state index < -0.39 is 0 Å². The van der Waals surface area contributed by atoms with Gasteiger partial charge in [0.2, 0.25) is 0 Å². The van der Waals surface area contributed by atoms with Crippen LogP contribution in [0.1, 0.15) is 11.3 Å². The lowest BCUT2D eigenvalue weighted by atomic mass is 10.2. The SMILES string of the molecule is Cc1ccc(F)c(-n2cnc(CCl)c2)c1. The van der Waals surface area contributed by atoms with Crippen molar-refractivity contribution in [2.24, 2.45) is 0 Å². The van der Waals surface area contributed by atoms with Crippen molar-refractivity contribution < 1.29 is 4.39 Å². The predicted octanol–water partition coefficient (Wildman–Crippen LogP) is 3.06. The summed E-state index contributed by atoms with van der Waals surface area (Å²) >= 11 is 5.63. The number of hydrogen-bond donors (Lipinski definition) is 0. The van der Waals surface area contributed by atoms with Gasteiger partial charge in [-0.2, -0.15) is 0 Å². The molecule has 4 heteroatoms. The van der Waals surface area contributed by atoms with Gasteiger partial charge in [-0.3, -0.25) is 0 Å². The smallest absolute Gasteiger partial charge is 0.147 e. The maximum Gasteiger partial charge on any atom is 0.147 e. The van der Waals surface area contributed by atoms with Gasteiger partial charge in [-0.15, -0.1) is 11.6 Å². The molecule has 0 N–H and O–H groups in total. The molecule has 0 saturated heterocycles. The van der Waals surface area contributed by atoms with Gasteiger partial charge in [0.15, 0.2) is 0 Å². The van der Waals surface area contributed by atoms with Crippen molar-refractivity contribution in [3.63, 3.8) is 0 Å². The minimum Gasteiger partial charge on any atom is -0.303 e. The zero-order chi connectivity index (χ0) is 10.8. The molecule has 78 valence electrons. The second-order valence-corrected chi connectivity index (χ2v) is 3.63. The average molecular weight is 225 g/mol. The normalized spacial score (nSPS) is 10.6. The summed E-state index contributed by atoms with van der Waals surface area (Å²) in [6.45, 7) is 1.92. The first-order valence-corrected chi connectivity index (χ1v) is 5.09. The van der Waals surface area contributed by atoms with Crippen LogP contribution in [-0.2, 0) is 5.88 Å². The van der Waals surface area contributed by atoms with E-state index in [9.17, 15) is 4.39 Å². The lowest BCUT2D eigenvalue weighted by molar-refractivity contribution is 0.617. The van der Waals surface area contributed by atoms with Gasteiger partial charge in [0.25, 0.3) is 0 Å². The molecule has 0 bridgehead atoms. The molecule has 15 heavy (non-hydrogen) atoms. The quantitative estimate of drug-likeness (QED) is 0.717. The summed E-state index contributed by atoms with van der Waals surface area (Å²) in [4.78, 5) is 4.05. The van der Waals surface area contributed by atoms with Crippen molar-refractivity contribution in [1.82, 2.24) is 9.55 Å². The molecule has 0 atom stereocenters. The maximum absolute atomic E-state index is 13.5. The second kappa shape index (κ2) is 4.03. The highest BCUT2D eigenvalue weighted by atomic mass is 35.5. The Morgan fingerprint density at radius 1 is 1.47 bits per heavy atom. The fourth-order valence-electron chi connectivity index (χ4n) is 1.38. The molecule has 0 unspecified atom stereocenters. The number of benzene rings is 1. The molecule has 0 aliphatic rings. The van der Waals surface area contributed by atoms with Crippen LogP contribution in [0.15, 0.2) is 30.7 Å². The van der Waals surface area contributed by atoms with Crippen LogP contribution in [0.3, 0.4) is 0 Å². The largest absolute Gasteiger partial charge is 0.303 e. The summed E-state index contributed by atoms with van der Waals surface area (Å²) in [5, 5.41) is 0. The third kappa shape index (κ3) is 2.02. The topological polar surface area (TPSA) is 17.8 Å². The minimum atomic E-state index is -0.265. The molecule has 2 aromatic rings. The Morgan fingerprint density at radius 2 is 2.27 bits per heavy atom. The van der Waals surface area contributed by atoms with Crippen LogP contribution in [0.2, 0.25) is 0 Å². The number of imidazole rings is 1. The second-order valence-electron chi connectivity index (χ2n) is 3.36. The summed E-state index contributed by atoms with van der Waals surface area (Å²) in [5.74, 6) is 0.0691. The average Bonchev–Trinajstić information content (AvgIpc) is 2.70. The number of halogens is 2. The van der Waals surface area contributed by atoms with Crippen molar-refractivity contribution in [1.29, 1.82) is 0 Å². The van der Waals surface area contributed by atoms with E-state index in [2.05, 4.69) is 4.98 Å². The first-order valence-electron chi connectivity index (χ1n) is 4.56. The molecular weight excluding hydrogens is 215 g/mol. The van der Waals surface area contributed by atoms with E-state index in [1.807, 2.05) is 6.92 Å². The molecule has 0 saturated carbocycles. The van der Waals surface area contributed by atoms with Crippen LogP contribution in [0.25, 0.3) is 5.69 Å². The van der Waals surface area contributed by atoms with E-state index in [4.69, 9.17) is 11.6 Å². The van der Waals surface area contributed by atoms with E-state index >= 15 is 0 Å². The van der Waals surface area contributed by atoms with Crippen molar-refractivity contribution in [3.8, 4) is 5.69 Å². The molecule has 0 aliphatic carbocycles. The number of hydrogen-bond acceptors (Lipinski definition) is 1. The van der Waals surface area contributed by atoms with E-state index in [0.29, 0.717) is 11.6 Å². The van der Waals surface area contributed by atoms with E-state index in [1.165, 1.54) is 6.07 Å². The van der Waals surface area contributed by atoms with Gasteiger partial charge in [-0.1, -0.05) is 6.07 Å². The molecule has 0 fully saturated rings. The monoisotopic (exact) mass is 224 g/mol. The lowest BCUT2D eigenvalue weighted by Crippen LogP contribution is -1.95. The molecule has 0 amide bonds. The molecule has 0 aliphatic heterocycles. The summed E-state index contributed by atoms with van der Waals surface area (Å²) in [6.07, 6.45) is 3.29. The fraction of sp³-hybridized carbons (Fsp3) is 0.182. The summed E-state index contributed by atoms with van der Waals surface area (Å²) in [5.41, 5.74) is 2.24. The zero-order valence-electron chi connectivity index (χ0n) is 8.24. The molecule has 2 rings (SSSR count). The fourth-order valence-corrected chi connectivity index (χ4v) is 1.52. The van der Waals surface area contributed by atoms with Crippen LogP contribution in [0.5, 0.6) is 0 Å². The first kappa shape index (κ1) is 10.2. The maximum atomic E-state index is 13.5. The number of nitrogens with zero attached hydrogens (tertiary/aromatic N) is 2. The van der Waals surface area contributed by atoms with Gasteiger partial charge >= 0.3 is 0 Å². The first-order chi connectivity index (χ1) is 7.20. The number of aromatic nitrogens is 2. The summed E-state index contributed by atoms with van der Waals surface area (Å²) in [7, 11) is 0. The third-order valence-corrected chi connectivity index (χ3v) is 2.43. The Morgan fingerprint density at radius 3 is 2.93 bits per heavy atom. The number of rotatable bonds is 2. The van der Waals surface area contributed by atoms with E-state index in [-0.39, 0.29) is 5.82 Å². The molecule has 0 radical (unpaired) electrons. The molecule has 1 aromatic carbocycles. The molecule has 0 spiro atoms. The standard InChI is InChI=1S/C11H10ClFN2/c1-8-2-3-10(13)11(4-8)15-6-9(5-12)14-7-15/h2-4,6-7H,5H2,1H3. The van der Waals surface area contributed by atoms with Gasteiger partial charge < -0.3 is 4.57 Å². The Bertz CT molecular complexity index is 479. The zero-order valence-corrected chi connectivity index (χ0v) is 9.00. The van der Waals surface area contributed by atoms with E-state index in [0.717, 1.165) is 11.3 Å². The van der Waals surface area contributed by atoms with Gasteiger partial charge in [0.1, 0.15) is 5.82 Å². The summed E-state index contributed by atoms with van der Waals surface area (Å²) < 4.78 is 15.1. The minimum absolute atomic E-state index is 0.265. The number of aryl methyl sites for hydroxylation is 1. The van der Waals surface area contributed by atoms with E-state index in [1.54, 1.807) is 29.2 Å². The van der Waals surface area contributed by atoms with Crippen molar-refractivity contribution in [3.05, 3.63) is 47.8 Å².